The van der Waals surface area contributed by atoms with Gasteiger partial charge in [0.2, 0.25) is 10.0 Å². The van der Waals surface area contributed by atoms with Gasteiger partial charge in [0.15, 0.2) is 0 Å². The summed E-state index contributed by atoms with van der Waals surface area (Å²) in [5.74, 6) is 0. The first-order valence-corrected chi connectivity index (χ1v) is 8.97. The van der Waals surface area contributed by atoms with Crippen LogP contribution in [0, 0.1) is 13.8 Å². The van der Waals surface area contributed by atoms with Crippen molar-refractivity contribution < 1.29 is 8.42 Å². The highest BCUT2D eigenvalue weighted by atomic mass is 32.2. The zero-order valence-electron chi connectivity index (χ0n) is 12.9. The van der Waals surface area contributed by atoms with Gasteiger partial charge in [0.25, 0.3) is 0 Å². The molecule has 5 nitrogen and oxygen atoms in total. The topological polar surface area (TPSA) is 75.4 Å². The second-order valence-electron chi connectivity index (χ2n) is 5.75. The summed E-state index contributed by atoms with van der Waals surface area (Å²) in [6.07, 6.45) is 3.35. The number of nitrogens with two attached hydrogens (primary N) is 1. The van der Waals surface area contributed by atoms with Crippen LogP contribution in [0.25, 0.3) is 0 Å². The van der Waals surface area contributed by atoms with Crippen LogP contribution in [0.5, 0.6) is 0 Å². The van der Waals surface area contributed by atoms with E-state index >= 15 is 0 Å². The van der Waals surface area contributed by atoms with Crippen molar-refractivity contribution in [3.63, 3.8) is 0 Å². The van der Waals surface area contributed by atoms with E-state index in [1.54, 1.807) is 6.07 Å². The number of sulfonamides is 1. The summed E-state index contributed by atoms with van der Waals surface area (Å²) in [4.78, 5) is 2.63. The second-order valence-corrected chi connectivity index (χ2v) is 7.52. The molecule has 1 aliphatic heterocycles. The van der Waals surface area contributed by atoms with E-state index in [0.717, 1.165) is 37.2 Å². The van der Waals surface area contributed by atoms with Crippen LogP contribution < -0.4 is 10.5 Å². The van der Waals surface area contributed by atoms with E-state index in [4.69, 9.17) is 5.73 Å². The number of hydrogen-bond acceptors (Lipinski definition) is 4. The smallest absolute Gasteiger partial charge is 0.240 e. The number of rotatable bonds is 6. The lowest BCUT2D eigenvalue weighted by molar-refractivity contribution is 0.334. The van der Waals surface area contributed by atoms with Gasteiger partial charge in [-0.15, -0.1) is 0 Å². The van der Waals surface area contributed by atoms with Crippen molar-refractivity contribution in [3.05, 3.63) is 23.3 Å². The van der Waals surface area contributed by atoms with E-state index in [9.17, 15) is 8.42 Å². The molecule has 0 amide bonds. The fraction of sp³-hybridized carbons (Fsp3) is 0.600. The van der Waals surface area contributed by atoms with Crippen molar-refractivity contribution in [2.75, 3.05) is 31.9 Å². The quantitative estimate of drug-likeness (QED) is 0.619. The molecular weight excluding hydrogens is 286 g/mol. The van der Waals surface area contributed by atoms with Crippen molar-refractivity contribution >= 4 is 15.7 Å². The minimum absolute atomic E-state index is 0.254. The Morgan fingerprint density at radius 1 is 1.24 bits per heavy atom. The molecule has 0 aliphatic carbocycles. The average Bonchev–Trinajstić information content (AvgIpc) is 2.93. The number of likely N-dealkylation sites (tertiary alicyclic amines) is 1. The molecule has 6 heteroatoms. The molecular formula is C15H25N3O2S. The molecule has 1 heterocycles. The van der Waals surface area contributed by atoms with Gasteiger partial charge in [0.05, 0.1) is 4.90 Å². The number of nitrogen functional groups attached to an aromatic ring is 1. The van der Waals surface area contributed by atoms with Gasteiger partial charge in [-0.2, -0.15) is 0 Å². The molecule has 1 aromatic rings. The number of benzene rings is 1. The molecule has 0 spiro atoms. The molecule has 3 N–H and O–H groups in total. The molecule has 2 rings (SSSR count). The molecule has 0 unspecified atom stereocenters. The lowest BCUT2D eigenvalue weighted by atomic mass is 10.1. The third-order valence-electron chi connectivity index (χ3n) is 4.13. The molecule has 1 aromatic carbocycles. The maximum absolute atomic E-state index is 12.3. The number of anilines is 1. The Kier molecular flexibility index (Phi) is 5.24. The summed E-state index contributed by atoms with van der Waals surface area (Å²) in [5, 5.41) is 0. The molecule has 0 bridgehead atoms. The van der Waals surface area contributed by atoms with Crippen molar-refractivity contribution in [2.24, 2.45) is 0 Å². The van der Waals surface area contributed by atoms with Crippen molar-refractivity contribution in [2.45, 2.75) is 38.0 Å². The molecule has 118 valence electrons. The standard InChI is InChI=1S/C15H25N3O2S/c1-12-10-14(11-15(16)13(12)2)21(19,20)17-6-5-9-18-7-3-4-8-18/h10-11,17H,3-9,16H2,1-2H3. The molecule has 0 aromatic heterocycles. The Bertz CT molecular complexity index is 570. The highest BCUT2D eigenvalue weighted by Crippen LogP contribution is 2.21. The van der Waals surface area contributed by atoms with Crippen LogP contribution in [0.1, 0.15) is 30.4 Å². The first kappa shape index (κ1) is 16.3. The summed E-state index contributed by atoms with van der Waals surface area (Å²) in [7, 11) is -3.47. The lowest BCUT2D eigenvalue weighted by Gasteiger charge is -2.15. The highest BCUT2D eigenvalue weighted by molar-refractivity contribution is 7.89. The third-order valence-corrected chi connectivity index (χ3v) is 5.57. The van der Waals surface area contributed by atoms with Crippen molar-refractivity contribution in [3.8, 4) is 0 Å². The second kappa shape index (κ2) is 6.77. The predicted molar refractivity (Wildman–Crippen MR) is 85.8 cm³/mol. The fourth-order valence-electron chi connectivity index (χ4n) is 2.61. The lowest BCUT2D eigenvalue weighted by Crippen LogP contribution is -2.29. The maximum atomic E-state index is 12.3. The van der Waals surface area contributed by atoms with E-state index in [0.29, 0.717) is 12.2 Å². The molecule has 1 saturated heterocycles. The molecule has 0 saturated carbocycles. The Hall–Kier alpha value is -1.11. The van der Waals surface area contributed by atoms with Crippen LogP contribution in [0.3, 0.4) is 0 Å². The summed E-state index contributed by atoms with van der Waals surface area (Å²) in [5.41, 5.74) is 8.21. The van der Waals surface area contributed by atoms with Gasteiger partial charge < -0.3 is 10.6 Å². The minimum Gasteiger partial charge on any atom is -0.398 e. The molecule has 1 aliphatic rings. The zero-order chi connectivity index (χ0) is 15.5. The number of nitrogens with one attached hydrogen (secondary N) is 1. The molecule has 21 heavy (non-hydrogen) atoms. The average molecular weight is 311 g/mol. The van der Waals surface area contributed by atoms with Crippen LogP contribution in [0.15, 0.2) is 17.0 Å². The Morgan fingerprint density at radius 2 is 1.90 bits per heavy atom. The van der Waals surface area contributed by atoms with Gasteiger partial charge in [-0.05, 0) is 76.0 Å². The van der Waals surface area contributed by atoms with Crippen LogP contribution in [0.2, 0.25) is 0 Å². The molecule has 0 atom stereocenters. The highest BCUT2D eigenvalue weighted by Gasteiger charge is 2.16. The van der Waals surface area contributed by atoms with Gasteiger partial charge in [-0.3, -0.25) is 0 Å². The van der Waals surface area contributed by atoms with Crippen LogP contribution >= 0.6 is 0 Å². The van der Waals surface area contributed by atoms with E-state index in [2.05, 4.69) is 9.62 Å². The number of aryl methyl sites for hydroxylation is 1. The van der Waals surface area contributed by atoms with E-state index in [-0.39, 0.29) is 4.90 Å². The van der Waals surface area contributed by atoms with Gasteiger partial charge in [-0.25, -0.2) is 13.1 Å². The normalized spacial score (nSPS) is 16.5. The van der Waals surface area contributed by atoms with E-state index in [1.807, 2.05) is 13.8 Å². The fourth-order valence-corrected chi connectivity index (χ4v) is 3.80. The monoisotopic (exact) mass is 311 g/mol. The van der Waals surface area contributed by atoms with Crippen molar-refractivity contribution in [1.29, 1.82) is 0 Å². The van der Waals surface area contributed by atoms with Crippen LogP contribution in [0.4, 0.5) is 5.69 Å². The van der Waals surface area contributed by atoms with Gasteiger partial charge >= 0.3 is 0 Å². The van der Waals surface area contributed by atoms with E-state index < -0.39 is 10.0 Å². The summed E-state index contributed by atoms with van der Waals surface area (Å²) < 4.78 is 27.2. The van der Waals surface area contributed by atoms with E-state index in [1.165, 1.54) is 18.9 Å². The largest absolute Gasteiger partial charge is 0.398 e. The molecule has 0 radical (unpaired) electrons. The summed E-state index contributed by atoms with van der Waals surface area (Å²) in [6, 6.07) is 3.21. The summed E-state index contributed by atoms with van der Waals surface area (Å²) >= 11 is 0. The Morgan fingerprint density at radius 3 is 2.52 bits per heavy atom. The first-order chi connectivity index (χ1) is 9.90. The number of nitrogens with zero attached hydrogens (tertiary/aromatic N) is 1. The SMILES string of the molecule is Cc1cc(S(=O)(=O)NCCCN2CCCC2)cc(N)c1C. The van der Waals surface area contributed by atoms with Crippen LogP contribution in [-0.2, 0) is 10.0 Å². The summed E-state index contributed by atoms with van der Waals surface area (Å²) in [6.45, 7) is 7.47. The zero-order valence-corrected chi connectivity index (χ0v) is 13.7. The minimum atomic E-state index is -3.47. The first-order valence-electron chi connectivity index (χ1n) is 7.49. The number of hydrogen-bond donors (Lipinski definition) is 2. The van der Waals surface area contributed by atoms with Crippen LogP contribution in [-0.4, -0.2) is 39.5 Å². The van der Waals surface area contributed by atoms with Gasteiger partial charge in [-0.1, -0.05) is 0 Å². The Balaban J connectivity index is 1.92. The van der Waals surface area contributed by atoms with Gasteiger partial charge in [0, 0.05) is 12.2 Å². The van der Waals surface area contributed by atoms with Gasteiger partial charge in [0.1, 0.15) is 0 Å². The molecule has 1 fully saturated rings. The maximum Gasteiger partial charge on any atom is 0.240 e. The Labute approximate surface area is 127 Å². The predicted octanol–water partition coefficient (Wildman–Crippen LogP) is 1.65. The third kappa shape index (κ3) is 4.18. The van der Waals surface area contributed by atoms with Crippen molar-refractivity contribution in [1.82, 2.24) is 9.62 Å².